The molecule has 1 aliphatic rings. The first-order chi connectivity index (χ1) is 20.4. The lowest BCUT2D eigenvalue weighted by atomic mass is 9.95. The first-order valence-electron chi connectivity index (χ1n) is 13.8. The number of nitrogens with zero attached hydrogens (tertiary/aromatic N) is 2. The van der Waals surface area contributed by atoms with E-state index in [1.54, 1.807) is 42.5 Å². The van der Waals surface area contributed by atoms with E-state index in [0.717, 1.165) is 11.1 Å². The minimum absolute atomic E-state index is 0.0531. The average molecular weight is 589 g/mol. The molecule has 218 valence electrons. The molecule has 4 aromatic rings. The number of aliphatic hydroxyl groups is 1. The molecule has 1 aromatic heterocycles. The van der Waals surface area contributed by atoms with Gasteiger partial charge in [-0.1, -0.05) is 24.3 Å². The summed E-state index contributed by atoms with van der Waals surface area (Å²) in [6.07, 6.45) is 0.857. The minimum atomic E-state index is -0.975. The van der Waals surface area contributed by atoms with E-state index in [-0.39, 0.29) is 11.3 Å². The Morgan fingerprint density at radius 2 is 1.64 bits per heavy atom. The molecule has 1 N–H and O–H groups in total. The second-order valence-corrected chi connectivity index (χ2v) is 10.5. The third-order valence-electron chi connectivity index (χ3n) is 6.71. The number of fused-ring (bicyclic) bond motifs is 1. The Morgan fingerprint density at radius 1 is 0.905 bits per heavy atom. The van der Waals surface area contributed by atoms with Crippen molar-refractivity contribution in [3.63, 3.8) is 0 Å². The number of amides is 1. The van der Waals surface area contributed by atoms with Crippen LogP contribution >= 0.6 is 11.3 Å². The van der Waals surface area contributed by atoms with E-state index in [4.69, 9.17) is 23.9 Å². The van der Waals surface area contributed by atoms with E-state index in [1.165, 1.54) is 23.3 Å². The number of ether oxygens (including phenoxy) is 4. The fraction of sp³-hybridized carbons (Fsp3) is 0.281. The van der Waals surface area contributed by atoms with Gasteiger partial charge in [-0.2, -0.15) is 0 Å². The van der Waals surface area contributed by atoms with Gasteiger partial charge in [0.2, 0.25) is 0 Å². The Bertz CT molecular complexity index is 1640. The lowest BCUT2D eigenvalue weighted by molar-refractivity contribution is -0.132. The van der Waals surface area contributed by atoms with Crippen LogP contribution in [0.2, 0.25) is 0 Å². The van der Waals surface area contributed by atoms with Gasteiger partial charge in [0.15, 0.2) is 16.6 Å². The van der Waals surface area contributed by atoms with Gasteiger partial charge in [0.1, 0.15) is 17.3 Å². The van der Waals surface area contributed by atoms with Crippen LogP contribution in [0.15, 0.2) is 66.2 Å². The van der Waals surface area contributed by atoms with E-state index in [2.05, 4.69) is 0 Å². The first-order valence-corrected chi connectivity index (χ1v) is 14.6. The third kappa shape index (κ3) is 5.49. The molecule has 9 nitrogen and oxygen atoms in total. The highest BCUT2D eigenvalue weighted by Crippen LogP contribution is 2.46. The van der Waals surface area contributed by atoms with E-state index in [1.807, 2.05) is 39.0 Å². The number of methoxy groups -OCH3 is 1. The Kier molecular flexibility index (Phi) is 8.63. The number of aromatic nitrogens is 1. The van der Waals surface area contributed by atoms with Crippen molar-refractivity contribution in [1.29, 1.82) is 0 Å². The Hall–Kier alpha value is -4.57. The molecule has 1 amide bonds. The van der Waals surface area contributed by atoms with Gasteiger partial charge in [-0.25, -0.2) is 4.98 Å². The molecule has 0 aliphatic carbocycles. The summed E-state index contributed by atoms with van der Waals surface area (Å²) >= 11 is 1.26. The zero-order chi connectivity index (χ0) is 29.8. The summed E-state index contributed by atoms with van der Waals surface area (Å²) in [7, 11) is 1.52. The number of benzene rings is 3. The summed E-state index contributed by atoms with van der Waals surface area (Å²) in [5.74, 6) is 0.376. The smallest absolute Gasteiger partial charge is 0.301 e. The molecule has 0 bridgehead atoms. The maximum absolute atomic E-state index is 13.7. The highest BCUT2D eigenvalue weighted by atomic mass is 32.1. The van der Waals surface area contributed by atoms with Crippen LogP contribution in [0.4, 0.5) is 5.13 Å². The van der Waals surface area contributed by atoms with Crippen LogP contribution in [-0.4, -0.2) is 48.7 Å². The number of carbonyl (C=O) groups is 2. The van der Waals surface area contributed by atoms with Gasteiger partial charge in [-0.15, -0.1) is 0 Å². The summed E-state index contributed by atoms with van der Waals surface area (Å²) < 4.78 is 23.3. The molecule has 1 saturated heterocycles. The Morgan fingerprint density at radius 3 is 2.33 bits per heavy atom. The van der Waals surface area contributed by atoms with Gasteiger partial charge in [-0.05, 0) is 80.4 Å². The number of Topliss-reactive ketones (excluding diaryl/α,β-unsaturated/α-hetero) is 1. The van der Waals surface area contributed by atoms with Gasteiger partial charge in [0.05, 0.1) is 48.8 Å². The average Bonchev–Trinajstić information content (AvgIpc) is 3.54. The molecule has 1 fully saturated rings. The van der Waals surface area contributed by atoms with Crippen molar-refractivity contribution in [2.24, 2.45) is 0 Å². The molecule has 1 atom stereocenters. The van der Waals surface area contributed by atoms with Crippen LogP contribution in [0.5, 0.6) is 23.0 Å². The van der Waals surface area contributed by atoms with Gasteiger partial charge < -0.3 is 24.1 Å². The number of rotatable bonds is 11. The number of hydrogen-bond donors (Lipinski definition) is 1. The predicted molar refractivity (Wildman–Crippen MR) is 162 cm³/mol. The number of hydrogen-bond acceptors (Lipinski definition) is 9. The minimum Gasteiger partial charge on any atom is -0.507 e. The number of carbonyl (C=O) groups excluding carboxylic acids is 2. The number of thiazole rings is 1. The molecule has 5 rings (SSSR count). The molecular formula is C32H32N2O7S. The molecule has 0 radical (unpaired) electrons. The molecule has 3 aromatic carbocycles. The lowest BCUT2D eigenvalue weighted by Gasteiger charge is -2.24. The summed E-state index contributed by atoms with van der Waals surface area (Å²) in [5.41, 5.74) is 1.53. The molecule has 42 heavy (non-hydrogen) atoms. The van der Waals surface area contributed by atoms with Gasteiger partial charge in [0.25, 0.3) is 5.78 Å². The van der Waals surface area contributed by atoms with Crippen LogP contribution in [-0.2, 0) is 9.59 Å². The molecule has 10 heteroatoms. The molecule has 0 spiro atoms. The van der Waals surface area contributed by atoms with Gasteiger partial charge in [-0.3, -0.25) is 14.5 Å². The van der Waals surface area contributed by atoms with Crippen LogP contribution in [0.1, 0.15) is 44.4 Å². The number of anilines is 1. The number of ketones is 1. The second-order valence-electron chi connectivity index (χ2n) is 9.44. The maximum atomic E-state index is 13.7. The van der Waals surface area contributed by atoms with Crippen molar-refractivity contribution in [2.45, 2.75) is 33.2 Å². The normalized spacial score (nSPS) is 16.2. The van der Waals surface area contributed by atoms with Crippen LogP contribution in [0.3, 0.4) is 0 Å². The summed E-state index contributed by atoms with van der Waals surface area (Å²) in [5, 5.41) is 11.8. The van der Waals surface area contributed by atoms with Crippen molar-refractivity contribution in [3.05, 3.63) is 77.4 Å². The molecule has 1 aliphatic heterocycles. The third-order valence-corrected chi connectivity index (χ3v) is 7.73. The zero-order valence-corrected chi connectivity index (χ0v) is 24.7. The van der Waals surface area contributed by atoms with Crippen molar-refractivity contribution in [3.8, 4) is 23.0 Å². The van der Waals surface area contributed by atoms with E-state index < -0.39 is 17.7 Å². The van der Waals surface area contributed by atoms with E-state index in [0.29, 0.717) is 64.6 Å². The molecule has 0 saturated carbocycles. The van der Waals surface area contributed by atoms with Crippen molar-refractivity contribution < 1.29 is 33.6 Å². The standard InChI is InChI=1S/C32H32N2O7S/c1-5-16-41-21-11-8-19(9-12-21)29(35)27-28(20-10-15-24(40-7-3)25(17-20)38-4)34(31(37)30(27)36)32-33-23-14-13-22(39-6-2)18-26(23)42-32/h8-15,17-18,28,35H,5-7,16H2,1-4H3/b29-27+. The molecular weight excluding hydrogens is 556 g/mol. The largest absolute Gasteiger partial charge is 0.507 e. The Labute approximate surface area is 247 Å². The van der Waals surface area contributed by atoms with Crippen LogP contribution in [0.25, 0.3) is 16.0 Å². The molecule has 2 heterocycles. The lowest BCUT2D eigenvalue weighted by Crippen LogP contribution is -2.29. The van der Waals surface area contributed by atoms with Crippen LogP contribution in [0, 0.1) is 0 Å². The maximum Gasteiger partial charge on any atom is 0.301 e. The highest BCUT2D eigenvalue weighted by Gasteiger charge is 2.48. The first kappa shape index (κ1) is 28.9. The fourth-order valence-electron chi connectivity index (χ4n) is 4.81. The summed E-state index contributed by atoms with van der Waals surface area (Å²) in [6.45, 7) is 7.28. The van der Waals surface area contributed by atoms with E-state index >= 15 is 0 Å². The fourth-order valence-corrected chi connectivity index (χ4v) is 5.83. The molecule has 1 unspecified atom stereocenters. The Balaban J connectivity index is 1.66. The second kappa shape index (κ2) is 12.5. The van der Waals surface area contributed by atoms with E-state index in [9.17, 15) is 14.7 Å². The monoisotopic (exact) mass is 588 g/mol. The van der Waals surface area contributed by atoms with Gasteiger partial charge in [0, 0.05) is 5.56 Å². The number of aliphatic hydroxyl groups excluding tert-OH is 1. The zero-order valence-electron chi connectivity index (χ0n) is 23.9. The van der Waals surface area contributed by atoms with Gasteiger partial charge >= 0.3 is 5.91 Å². The summed E-state index contributed by atoms with van der Waals surface area (Å²) in [4.78, 5) is 33.3. The predicted octanol–water partition coefficient (Wildman–Crippen LogP) is 6.52. The highest BCUT2D eigenvalue weighted by molar-refractivity contribution is 7.22. The van der Waals surface area contributed by atoms with Crippen molar-refractivity contribution >= 4 is 44.1 Å². The quantitative estimate of drug-likeness (QED) is 0.120. The van der Waals surface area contributed by atoms with Crippen molar-refractivity contribution in [1.82, 2.24) is 4.98 Å². The summed E-state index contributed by atoms with van der Waals surface area (Å²) in [6, 6.07) is 16.5. The van der Waals surface area contributed by atoms with Crippen LogP contribution < -0.4 is 23.8 Å². The van der Waals surface area contributed by atoms with Crippen molar-refractivity contribution in [2.75, 3.05) is 31.8 Å². The SMILES string of the molecule is CCCOc1ccc(/C(O)=C2\C(=O)C(=O)N(c3nc4ccc(OCC)cc4s3)C2c2ccc(OCC)c(OC)c2)cc1. The topological polar surface area (TPSA) is 107 Å².